The van der Waals surface area contributed by atoms with Crippen LogP contribution in [0.25, 0.3) is 16.8 Å². The fraction of sp³-hybridized carbons (Fsp3) is 0.143. The van der Waals surface area contributed by atoms with Crippen molar-refractivity contribution in [3.8, 4) is 16.9 Å². The van der Waals surface area contributed by atoms with Crippen molar-refractivity contribution < 1.29 is 14.3 Å². The van der Waals surface area contributed by atoms with Crippen LogP contribution in [0, 0.1) is 0 Å². The number of carbonyl (C=O) groups excluding carboxylic acids is 2. The lowest BCUT2D eigenvalue weighted by molar-refractivity contribution is 0.0950. The number of amides is 2. The summed E-state index contributed by atoms with van der Waals surface area (Å²) in [7, 11) is 3.14. The number of pyridine rings is 1. The summed E-state index contributed by atoms with van der Waals surface area (Å²) in [4.78, 5) is 29.6. The minimum absolute atomic E-state index is 0.0743. The maximum absolute atomic E-state index is 12.6. The van der Waals surface area contributed by atoms with E-state index >= 15 is 0 Å². The predicted octanol–water partition coefficient (Wildman–Crippen LogP) is 2.34. The third-order valence-electron chi connectivity index (χ3n) is 4.67. The van der Waals surface area contributed by atoms with Gasteiger partial charge in [0.25, 0.3) is 11.8 Å². The van der Waals surface area contributed by atoms with Gasteiger partial charge in [-0.3, -0.25) is 9.59 Å². The van der Waals surface area contributed by atoms with Gasteiger partial charge in [0.2, 0.25) is 5.95 Å². The number of hydrogen-bond acceptors (Lipinski definition) is 7. The molecule has 4 rings (SSSR count). The molecule has 0 bridgehead atoms. The Labute approximate surface area is 181 Å². The van der Waals surface area contributed by atoms with Gasteiger partial charge in [0, 0.05) is 25.4 Å². The fourth-order valence-electron chi connectivity index (χ4n) is 3.12. The van der Waals surface area contributed by atoms with E-state index in [4.69, 9.17) is 10.5 Å². The number of fused-ring (bicyclic) bond motifs is 1. The molecular weight excluding hydrogens is 416 g/mol. The summed E-state index contributed by atoms with van der Waals surface area (Å²) < 4.78 is 6.67. The third kappa shape index (κ3) is 4.19. The van der Waals surface area contributed by atoms with Gasteiger partial charge in [-0.1, -0.05) is 12.1 Å². The van der Waals surface area contributed by atoms with Crippen LogP contribution in [0.5, 0.6) is 5.75 Å². The van der Waals surface area contributed by atoms with E-state index in [2.05, 4.69) is 20.7 Å². The number of hydrogen-bond donors (Lipinski definition) is 3. The predicted molar refractivity (Wildman–Crippen MR) is 118 cm³/mol. The van der Waals surface area contributed by atoms with Crippen LogP contribution in [0.1, 0.15) is 25.6 Å². The van der Waals surface area contributed by atoms with Crippen LogP contribution in [-0.4, -0.2) is 40.6 Å². The van der Waals surface area contributed by atoms with E-state index in [9.17, 15) is 9.59 Å². The van der Waals surface area contributed by atoms with E-state index in [-0.39, 0.29) is 17.8 Å². The standard InChI is InChI=1S/C21H20N6O3S/c1-23-19(28)16-7-13(10-27-18(16)25-21(22)26-27)14-8-17(31-11-14)20(29)24-9-12-4-3-5-15(6-12)30-2/h3-8,10-11H,9H2,1-2H3,(H2,22,26)(H,23,28)(H,24,29). The Balaban J connectivity index is 1.57. The summed E-state index contributed by atoms with van der Waals surface area (Å²) in [5.74, 6) is 0.328. The minimum atomic E-state index is -0.300. The molecule has 9 nitrogen and oxygen atoms in total. The van der Waals surface area contributed by atoms with Crippen molar-refractivity contribution in [1.29, 1.82) is 0 Å². The summed E-state index contributed by atoms with van der Waals surface area (Å²) in [5, 5.41) is 11.5. The number of carbonyl (C=O) groups is 2. The van der Waals surface area contributed by atoms with Crippen molar-refractivity contribution in [2.45, 2.75) is 6.54 Å². The molecule has 0 aliphatic heterocycles. The Morgan fingerprint density at radius 2 is 2.03 bits per heavy atom. The smallest absolute Gasteiger partial charge is 0.261 e. The molecule has 3 aromatic heterocycles. The first kappa shape index (κ1) is 20.4. The Morgan fingerprint density at radius 1 is 1.19 bits per heavy atom. The SMILES string of the molecule is CNC(=O)c1cc(-c2csc(C(=O)NCc3cccc(OC)c3)c2)cn2nc(N)nc12. The molecule has 4 N–H and O–H groups in total. The molecule has 31 heavy (non-hydrogen) atoms. The summed E-state index contributed by atoms with van der Waals surface area (Å²) in [5.41, 5.74) is 8.86. The Kier molecular flexibility index (Phi) is 5.54. The summed E-state index contributed by atoms with van der Waals surface area (Å²) in [6.45, 7) is 0.383. The second-order valence-corrected chi connectivity index (χ2v) is 7.60. The van der Waals surface area contributed by atoms with Crippen LogP contribution in [0.3, 0.4) is 0 Å². The van der Waals surface area contributed by atoms with Gasteiger partial charge < -0.3 is 21.1 Å². The average Bonchev–Trinajstić information content (AvgIpc) is 3.42. The number of ether oxygens (including phenoxy) is 1. The molecule has 0 radical (unpaired) electrons. The van der Waals surface area contributed by atoms with Gasteiger partial charge in [-0.15, -0.1) is 16.4 Å². The van der Waals surface area contributed by atoms with Gasteiger partial charge in [-0.2, -0.15) is 4.98 Å². The fourth-order valence-corrected chi connectivity index (χ4v) is 3.95. The number of anilines is 1. The first-order valence-corrected chi connectivity index (χ1v) is 10.2. The quantitative estimate of drug-likeness (QED) is 0.426. The second-order valence-electron chi connectivity index (χ2n) is 6.69. The lowest BCUT2D eigenvalue weighted by atomic mass is 10.1. The number of benzene rings is 1. The van der Waals surface area contributed by atoms with Crippen LogP contribution in [-0.2, 0) is 6.54 Å². The van der Waals surface area contributed by atoms with E-state index in [1.807, 2.05) is 29.6 Å². The van der Waals surface area contributed by atoms with Crippen molar-refractivity contribution in [2.75, 3.05) is 19.9 Å². The monoisotopic (exact) mass is 436 g/mol. The topological polar surface area (TPSA) is 124 Å². The van der Waals surface area contributed by atoms with E-state index < -0.39 is 0 Å². The molecule has 0 spiro atoms. The second kappa shape index (κ2) is 8.44. The number of nitrogens with zero attached hydrogens (tertiary/aromatic N) is 3. The lowest BCUT2D eigenvalue weighted by Crippen LogP contribution is -2.21. The lowest BCUT2D eigenvalue weighted by Gasteiger charge is -2.06. The molecule has 0 saturated carbocycles. The largest absolute Gasteiger partial charge is 0.497 e. The maximum atomic E-state index is 12.6. The van der Waals surface area contributed by atoms with Gasteiger partial charge >= 0.3 is 0 Å². The number of aromatic nitrogens is 3. The number of rotatable bonds is 6. The van der Waals surface area contributed by atoms with Crippen molar-refractivity contribution in [1.82, 2.24) is 25.2 Å². The zero-order chi connectivity index (χ0) is 22.0. The van der Waals surface area contributed by atoms with Gasteiger partial charge in [0.05, 0.1) is 17.6 Å². The molecule has 10 heteroatoms. The summed E-state index contributed by atoms with van der Waals surface area (Å²) >= 11 is 1.32. The molecule has 0 atom stereocenters. The summed E-state index contributed by atoms with van der Waals surface area (Å²) in [6, 6.07) is 11.0. The van der Waals surface area contributed by atoms with Gasteiger partial charge in [-0.25, -0.2) is 4.52 Å². The van der Waals surface area contributed by atoms with Crippen LogP contribution in [0.4, 0.5) is 5.95 Å². The normalized spacial score (nSPS) is 10.8. The molecular formula is C21H20N6O3S. The summed E-state index contributed by atoms with van der Waals surface area (Å²) in [6.07, 6.45) is 1.73. The number of nitrogens with one attached hydrogen (secondary N) is 2. The van der Waals surface area contributed by atoms with E-state index in [1.54, 1.807) is 32.5 Å². The van der Waals surface area contributed by atoms with Gasteiger partial charge in [0.1, 0.15) is 5.75 Å². The molecule has 4 aromatic rings. The highest BCUT2D eigenvalue weighted by molar-refractivity contribution is 7.12. The highest BCUT2D eigenvalue weighted by atomic mass is 32.1. The molecule has 1 aromatic carbocycles. The van der Waals surface area contributed by atoms with Crippen molar-refractivity contribution in [3.63, 3.8) is 0 Å². The van der Waals surface area contributed by atoms with Crippen molar-refractivity contribution in [2.24, 2.45) is 0 Å². The van der Waals surface area contributed by atoms with Gasteiger partial charge in [0.15, 0.2) is 5.65 Å². The third-order valence-corrected chi connectivity index (χ3v) is 5.59. The van der Waals surface area contributed by atoms with Crippen molar-refractivity contribution in [3.05, 3.63) is 64.0 Å². The number of nitrogens with two attached hydrogens (primary N) is 1. The Morgan fingerprint density at radius 3 is 2.81 bits per heavy atom. The molecule has 158 valence electrons. The number of nitrogen functional groups attached to an aromatic ring is 1. The van der Waals surface area contributed by atoms with Crippen LogP contribution in [0.2, 0.25) is 0 Å². The van der Waals surface area contributed by atoms with Crippen molar-refractivity contribution >= 4 is 34.7 Å². The average molecular weight is 436 g/mol. The van der Waals surface area contributed by atoms with Crippen LogP contribution in [0.15, 0.2) is 48.0 Å². The first-order chi connectivity index (χ1) is 15.0. The molecule has 0 unspecified atom stereocenters. The van der Waals surface area contributed by atoms with Gasteiger partial charge in [-0.05, 0) is 40.8 Å². The van der Waals surface area contributed by atoms with Crippen LogP contribution < -0.4 is 21.1 Å². The molecule has 2 amide bonds. The number of methoxy groups -OCH3 is 1. The zero-order valence-corrected chi connectivity index (χ0v) is 17.7. The first-order valence-electron chi connectivity index (χ1n) is 9.36. The number of thiophene rings is 1. The molecule has 0 saturated heterocycles. The maximum Gasteiger partial charge on any atom is 0.261 e. The zero-order valence-electron chi connectivity index (χ0n) is 16.9. The molecule has 0 aliphatic carbocycles. The molecule has 0 aliphatic rings. The highest BCUT2D eigenvalue weighted by Gasteiger charge is 2.17. The van der Waals surface area contributed by atoms with E-state index in [1.165, 1.54) is 15.9 Å². The highest BCUT2D eigenvalue weighted by Crippen LogP contribution is 2.28. The van der Waals surface area contributed by atoms with E-state index in [0.29, 0.717) is 22.6 Å². The Bertz CT molecular complexity index is 1280. The van der Waals surface area contributed by atoms with Crippen LogP contribution >= 0.6 is 11.3 Å². The minimum Gasteiger partial charge on any atom is -0.497 e. The Hall–Kier alpha value is -3.92. The molecule has 0 fully saturated rings. The molecule has 3 heterocycles. The van der Waals surface area contributed by atoms with E-state index in [0.717, 1.165) is 22.4 Å².